The number of halogens is 2. The molecule has 1 aliphatic rings. The van der Waals surface area contributed by atoms with Gasteiger partial charge in [0, 0.05) is 29.7 Å². The van der Waals surface area contributed by atoms with Gasteiger partial charge in [-0.25, -0.2) is 13.6 Å². The molecule has 1 atom stereocenters. The first-order chi connectivity index (χ1) is 14.4. The molecule has 0 spiro atoms. The van der Waals surface area contributed by atoms with E-state index in [0.717, 1.165) is 17.3 Å². The van der Waals surface area contributed by atoms with E-state index in [4.69, 9.17) is 9.57 Å². The van der Waals surface area contributed by atoms with Crippen LogP contribution in [0.15, 0.2) is 47.6 Å². The maximum Gasteiger partial charge on any atom is 0.318 e. The third kappa shape index (κ3) is 5.25. The van der Waals surface area contributed by atoms with Gasteiger partial charge in [0.25, 0.3) is 0 Å². The van der Waals surface area contributed by atoms with E-state index in [1.165, 1.54) is 17.0 Å². The Morgan fingerprint density at radius 2 is 2.07 bits per heavy atom. The smallest absolute Gasteiger partial charge is 0.318 e. The minimum atomic E-state index is -0.698. The predicted molar refractivity (Wildman–Crippen MR) is 109 cm³/mol. The van der Waals surface area contributed by atoms with Crippen molar-refractivity contribution in [3.05, 3.63) is 65.2 Å². The molecule has 8 heteroatoms. The van der Waals surface area contributed by atoms with Crippen LogP contribution < -0.4 is 10.1 Å². The monoisotopic (exact) mass is 417 g/mol. The summed E-state index contributed by atoms with van der Waals surface area (Å²) in [5.74, 6) is -0.678. The average molecular weight is 417 g/mol. The summed E-state index contributed by atoms with van der Waals surface area (Å²) in [6, 6.07) is 10.3. The van der Waals surface area contributed by atoms with Gasteiger partial charge in [-0.2, -0.15) is 0 Å². The second-order valence-electron chi connectivity index (χ2n) is 7.39. The molecule has 0 aliphatic carbocycles. The summed E-state index contributed by atoms with van der Waals surface area (Å²) in [6.07, 6.45) is 0.0731. The minimum Gasteiger partial charge on any atom is -0.496 e. The van der Waals surface area contributed by atoms with E-state index in [0.29, 0.717) is 12.2 Å². The Balaban J connectivity index is 1.73. The Morgan fingerprint density at radius 3 is 2.77 bits per heavy atom. The summed E-state index contributed by atoms with van der Waals surface area (Å²) in [7, 11) is 1.59. The predicted octanol–water partition coefficient (Wildman–Crippen LogP) is 4.09. The molecule has 0 saturated heterocycles. The molecule has 0 bridgehead atoms. The molecule has 2 aromatic carbocycles. The lowest BCUT2D eigenvalue weighted by Crippen LogP contribution is -2.45. The van der Waals surface area contributed by atoms with E-state index < -0.39 is 17.7 Å². The van der Waals surface area contributed by atoms with Gasteiger partial charge in [0.15, 0.2) is 6.10 Å². The zero-order valence-electron chi connectivity index (χ0n) is 17.2. The van der Waals surface area contributed by atoms with E-state index in [-0.39, 0.29) is 30.7 Å². The fourth-order valence-corrected chi connectivity index (χ4v) is 3.23. The van der Waals surface area contributed by atoms with Gasteiger partial charge in [0.2, 0.25) is 0 Å². The number of carbonyl (C=O) groups excluding carboxylic acids is 1. The topological polar surface area (TPSA) is 63.2 Å². The molecule has 30 heavy (non-hydrogen) atoms. The van der Waals surface area contributed by atoms with Crippen molar-refractivity contribution in [1.29, 1.82) is 0 Å². The highest BCUT2D eigenvalue weighted by Gasteiger charge is 2.28. The summed E-state index contributed by atoms with van der Waals surface area (Å²) >= 11 is 0. The maximum atomic E-state index is 14.2. The molecule has 2 aromatic rings. The van der Waals surface area contributed by atoms with E-state index in [2.05, 4.69) is 10.5 Å². The van der Waals surface area contributed by atoms with Gasteiger partial charge in [-0.05, 0) is 32.0 Å². The number of urea groups is 1. The number of oxime groups is 1. The molecule has 6 nitrogen and oxygen atoms in total. The second-order valence-corrected chi connectivity index (χ2v) is 7.39. The lowest BCUT2D eigenvalue weighted by atomic mass is 10.0. The first kappa shape index (κ1) is 21.5. The third-order valence-electron chi connectivity index (χ3n) is 4.65. The minimum absolute atomic E-state index is 0.0193. The zero-order valence-corrected chi connectivity index (χ0v) is 17.2. The van der Waals surface area contributed by atoms with Crippen LogP contribution in [0.3, 0.4) is 0 Å². The van der Waals surface area contributed by atoms with Crippen molar-refractivity contribution < 1.29 is 23.1 Å². The van der Waals surface area contributed by atoms with Crippen molar-refractivity contribution >= 4 is 11.7 Å². The molecule has 1 unspecified atom stereocenters. The number of amides is 2. The van der Waals surface area contributed by atoms with Crippen LogP contribution in [0.25, 0.3) is 0 Å². The Bertz CT molecular complexity index is 934. The molecule has 3 rings (SSSR count). The molecule has 0 saturated carbocycles. The number of carbonyl (C=O) groups is 1. The van der Waals surface area contributed by atoms with Crippen LogP contribution in [0, 0.1) is 11.6 Å². The summed E-state index contributed by atoms with van der Waals surface area (Å²) in [5, 5.41) is 6.97. The molecule has 1 N–H and O–H groups in total. The van der Waals surface area contributed by atoms with Crippen LogP contribution in [0.1, 0.15) is 31.4 Å². The Kier molecular flexibility index (Phi) is 6.87. The number of ether oxygens (including phenoxy) is 1. The molecule has 1 aliphatic heterocycles. The number of hydrogen-bond acceptors (Lipinski definition) is 4. The van der Waals surface area contributed by atoms with E-state index in [1.54, 1.807) is 7.11 Å². The van der Waals surface area contributed by atoms with Gasteiger partial charge < -0.3 is 19.8 Å². The van der Waals surface area contributed by atoms with E-state index in [1.807, 2.05) is 38.1 Å². The number of rotatable bonds is 7. The van der Waals surface area contributed by atoms with Crippen LogP contribution >= 0.6 is 0 Å². The summed E-state index contributed by atoms with van der Waals surface area (Å²) < 4.78 is 32.8. The summed E-state index contributed by atoms with van der Waals surface area (Å²) in [6.45, 7) is 3.85. The molecule has 0 aromatic heterocycles. The quantitative estimate of drug-likeness (QED) is 0.738. The second kappa shape index (κ2) is 9.56. The molecular formula is C22H25F2N3O3. The van der Waals surface area contributed by atoms with Crippen molar-refractivity contribution in [1.82, 2.24) is 10.2 Å². The first-order valence-electron chi connectivity index (χ1n) is 9.72. The molecular weight excluding hydrogens is 392 g/mol. The summed E-state index contributed by atoms with van der Waals surface area (Å²) in [5.41, 5.74) is 1.76. The Morgan fingerprint density at radius 1 is 1.30 bits per heavy atom. The molecule has 0 fully saturated rings. The molecule has 1 heterocycles. The highest BCUT2D eigenvalue weighted by Crippen LogP contribution is 2.25. The lowest BCUT2D eigenvalue weighted by Gasteiger charge is -2.26. The highest BCUT2D eigenvalue weighted by molar-refractivity contribution is 6.03. The fraction of sp³-hybridized carbons (Fsp3) is 0.364. The van der Waals surface area contributed by atoms with Gasteiger partial charge in [-0.3, -0.25) is 0 Å². The standard InChI is InChI=1S/C22H25F2N3O3/c1-14(2)25-22(28)27(12-15-8-9-16(23)10-19(15)24)13-17-11-20(26-30-17)18-6-4-5-7-21(18)29-3/h4-10,14,17H,11-13H2,1-3H3,(H,25,28). The number of methoxy groups -OCH3 is 1. The Hall–Kier alpha value is -3.16. The maximum absolute atomic E-state index is 14.2. The van der Waals surface area contributed by atoms with Crippen LogP contribution in [0.4, 0.5) is 13.6 Å². The third-order valence-corrected chi connectivity index (χ3v) is 4.65. The van der Waals surface area contributed by atoms with Gasteiger partial charge in [0.1, 0.15) is 17.4 Å². The van der Waals surface area contributed by atoms with E-state index in [9.17, 15) is 13.6 Å². The summed E-state index contributed by atoms with van der Waals surface area (Å²) in [4.78, 5) is 19.7. The molecule has 0 radical (unpaired) electrons. The number of para-hydroxylation sites is 1. The normalized spacial score (nSPS) is 15.5. The van der Waals surface area contributed by atoms with Crippen LogP contribution in [0.5, 0.6) is 5.75 Å². The first-order valence-corrected chi connectivity index (χ1v) is 9.72. The van der Waals surface area contributed by atoms with E-state index >= 15 is 0 Å². The van der Waals surface area contributed by atoms with Crippen molar-refractivity contribution in [2.24, 2.45) is 5.16 Å². The number of hydrogen-bond donors (Lipinski definition) is 1. The lowest BCUT2D eigenvalue weighted by molar-refractivity contribution is 0.0584. The van der Waals surface area contributed by atoms with Gasteiger partial charge in [-0.15, -0.1) is 0 Å². The average Bonchev–Trinajstić information content (AvgIpc) is 3.17. The number of nitrogens with one attached hydrogen (secondary N) is 1. The largest absolute Gasteiger partial charge is 0.496 e. The van der Waals surface area contributed by atoms with Crippen molar-refractivity contribution in [3.8, 4) is 5.75 Å². The molecule has 160 valence electrons. The number of benzene rings is 2. The number of nitrogens with zero attached hydrogens (tertiary/aromatic N) is 2. The van der Waals surface area contributed by atoms with Crippen molar-refractivity contribution in [3.63, 3.8) is 0 Å². The van der Waals surface area contributed by atoms with Gasteiger partial charge in [-0.1, -0.05) is 23.4 Å². The fourth-order valence-electron chi connectivity index (χ4n) is 3.23. The van der Waals surface area contributed by atoms with Crippen LogP contribution in [-0.4, -0.2) is 42.4 Å². The van der Waals surface area contributed by atoms with Crippen LogP contribution in [0.2, 0.25) is 0 Å². The van der Waals surface area contributed by atoms with Crippen molar-refractivity contribution in [2.75, 3.05) is 13.7 Å². The van der Waals surface area contributed by atoms with Gasteiger partial charge >= 0.3 is 6.03 Å². The van der Waals surface area contributed by atoms with Crippen molar-refractivity contribution in [2.45, 2.75) is 39.0 Å². The highest BCUT2D eigenvalue weighted by atomic mass is 19.1. The Labute approximate surface area is 174 Å². The zero-order chi connectivity index (χ0) is 21.7. The van der Waals surface area contributed by atoms with Gasteiger partial charge in [0.05, 0.1) is 25.9 Å². The SMILES string of the molecule is COc1ccccc1C1=NOC(CN(Cc2ccc(F)cc2F)C(=O)NC(C)C)C1. The van der Waals surface area contributed by atoms with Crippen LogP contribution in [-0.2, 0) is 11.4 Å². The molecule has 2 amide bonds.